The Balaban J connectivity index is 2.16. The molecule has 2 rings (SSSR count). The smallest absolute Gasteiger partial charge is 0.261 e. The van der Waals surface area contributed by atoms with Crippen molar-refractivity contribution in [3.05, 3.63) is 29.6 Å². The van der Waals surface area contributed by atoms with Gasteiger partial charge in [0.05, 0.1) is 10.5 Å². The second-order valence-electron chi connectivity index (χ2n) is 4.76. The van der Waals surface area contributed by atoms with E-state index >= 15 is 0 Å². The van der Waals surface area contributed by atoms with E-state index in [0.717, 1.165) is 24.6 Å². The zero-order chi connectivity index (χ0) is 14.2. The minimum Gasteiger partial charge on any atom is -0.352 e. The van der Waals surface area contributed by atoms with Crippen molar-refractivity contribution in [3.8, 4) is 0 Å². The van der Waals surface area contributed by atoms with Crippen molar-refractivity contribution >= 4 is 25.6 Å². The Bertz CT molecular complexity index is 617. The summed E-state index contributed by atoms with van der Waals surface area (Å²) >= 11 is 0. The van der Waals surface area contributed by atoms with E-state index in [0.29, 0.717) is 18.4 Å². The maximum atomic E-state index is 13.5. The molecule has 0 saturated heterocycles. The summed E-state index contributed by atoms with van der Waals surface area (Å²) in [5.41, 5.74) is -0.310. The zero-order valence-electron chi connectivity index (χ0n) is 10.2. The lowest BCUT2D eigenvalue weighted by molar-refractivity contribution is 0.0947. The van der Waals surface area contributed by atoms with Gasteiger partial charge in [0.25, 0.3) is 15.0 Å². The molecule has 19 heavy (non-hydrogen) atoms. The summed E-state index contributed by atoms with van der Waals surface area (Å²) in [5.74, 6) is -0.407. The molecule has 1 fully saturated rings. The first kappa shape index (κ1) is 14.3. The van der Waals surface area contributed by atoms with Gasteiger partial charge in [0, 0.05) is 17.2 Å². The molecule has 1 N–H and O–H groups in total. The lowest BCUT2D eigenvalue weighted by Crippen LogP contribution is -2.27. The van der Waals surface area contributed by atoms with Crippen molar-refractivity contribution in [1.82, 2.24) is 5.32 Å². The molecule has 1 aromatic carbocycles. The summed E-state index contributed by atoms with van der Waals surface area (Å²) in [6.45, 7) is 2.54. The lowest BCUT2D eigenvalue weighted by Gasteiger charge is -2.06. The Morgan fingerprint density at radius 1 is 1.53 bits per heavy atom. The number of rotatable bonds is 4. The van der Waals surface area contributed by atoms with Gasteiger partial charge in [0.1, 0.15) is 5.82 Å². The van der Waals surface area contributed by atoms with Crippen LogP contribution in [0.15, 0.2) is 23.1 Å². The fourth-order valence-electron chi connectivity index (χ4n) is 1.83. The van der Waals surface area contributed by atoms with Crippen LogP contribution in [-0.4, -0.2) is 20.9 Å². The van der Waals surface area contributed by atoms with Crippen LogP contribution in [0.1, 0.15) is 23.7 Å². The second kappa shape index (κ2) is 5.09. The molecule has 1 saturated carbocycles. The van der Waals surface area contributed by atoms with Gasteiger partial charge in [-0.25, -0.2) is 12.8 Å². The molecule has 2 unspecified atom stereocenters. The molecule has 0 spiro atoms. The monoisotopic (exact) mass is 305 g/mol. The Labute approximate surface area is 115 Å². The third kappa shape index (κ3) is 3.45. The Morgan fingerprint density at radius 2 is 2.16 bits per heavy atom. The number of amides is 1. The number of carbonyl (C=O) groups is 1. The SMILES string of the molecule is CC1CC1CNC(=O)c1cc(S(=O)(=O)Cl)ccc1F. The van der Waals surface area contributed by atoms with Crippen LogP contribution in [-0.2, 0) is 9.05 Å². The van der Waals surface area contributed by atoms with Gasteiger partial charge in [0.2, 0.25) is 0 Å². The van der Waals surface area contributed by atoms with E-state index in [-0.39, 0.29) is 10.5 Å². The van der Waals surface area contributed by atoms with Crippen molar-refractivity contribution in [2.75, 3.05) is 6.54 Å². The molecular formula is C12H13ClFNO3S. The van der Waals surface area contributed by atoms with Crippen molar-refractivity contribution in [2.45, 2.75) is 18.2 Å². The van der Waals surface area contributed by atoms with E-state index in [9.17, 15) is 17.6 Å². The molecule has 2 atom stereocenters. The molecule has 0 aromatic heterocycles. The van der Waals surface area contributed by atoms with E-state index in [1.54, 1.807) is 0 Å². The highest BCUT2D eigenvalue weighted by molar-refractivity contribution is 8.13. The van der Waals surface area contributed by atoms with Gasteiger partial charge in [0.15, 0.2) is 0 Å². The average Bonchev–Trinajstić information content (AvgIpc) is 3.01. The summed E-state index contributed by atoms with van der Waals surface area (Å²) in [7, 11) is 1.18. The average molecular weight is 306 g/mol. The van der Waals surface area contributed by atoms with E-state index in [4.69, 9.17) is 10.7 Å². The molecule has 0 radical (unpaired) electrons. The van der Waals surface area contributed by atoms with Crippen molar-refractivity contribution in [3.63, 3.8) is 0 Å². The van der Waals surface area contributed by atoms with E-state index in [1.807, 2.05) is 0 Å². The Morgan fingerprint density at radius 3 is 2.68 bits per heavy atom. The number of benzene rings is 1. The third-order valence-electron chi connectivity index (χ3n) is 3.26. The first-order chi connectivity index (χ1) is 8.79. The summed E-state index contributed by atoms with van der Waals surface area (Å²) < 4.78 is 35.8. The molecule has 1 amide bonds. The molecule has 7 heteroatoms. The maximum absolute atomic E-state index is 13.5. The Hall–Kier alpha value is -1.14. The van der Waals surface area contributed by atoms with Crippen molar-refractivity contribution in [2.24, 2.45) is 11.8 Å². The van der Waals surface area contributed by atoms with E-state index in [1.165, 1.54) is 0 Å². The minimum atomic E-state index is -3.98. The Kier molecular flexibility index (Phi) is 3.82. The summed E-state index contributed by atoms with van der Waals surface area (Å²) in [6, 6.07) is 2.89. The normalized spacial score (nSPS) is 22.1. The van der Waals surface area contributed by atoms with Gasteiger partial charge in [-0.2, -0.15) is 0 Å². The van der Waals surface area contributed by atoms with Crippen molar-refractivity contribution in [1.29, 1.82) is 0 Å². The van der Waals surface area contributed by atoms with Crippen LogP contribution >= 0.6 is 10.7 Å². The van der Waals surface area contributed by atoms with E-state index in [2.05, 4.69) is 12.2 Å². The maximum Gasteiger partial charge on any atom is 0.261 e. The van der Waals surface area contributed by atoms with Gasteiger partial charge < -0.3 is 5.32 Å². The zero-order valence-corrected chi connectivity index (χ0v) is 11.8. The number of nitrogens with one attached hydrogen (secondary N) is 1. The fraction of sp³-hybridized carbons (Fsp3) is 0.417. The van der Waals surface area contributed by atoms with Crippen LogP contribution in [0.3, 0.4) is 0 Å². The van der Waals surface area contributed by atoms with E-state index < -0.39 is 20.8 Å². The molecule has 1 aliphatic carbocycles. The van der Waals surface area contributed by atoms with Crippen LogP contribution in [0.25, 0.3) is 0 Å². The van der Waals surface area contributed by atoms with Gasteiger partial charge >= 0.3 is 0 Å². The number of hydrogen-bond donors (Lipinski definition) is 1. The first-order valence-corrected chi connectivity index (χ1v) is 8.12. The lowest BCUT2D eigenvalue weighted by atomic mass is 10.2. The molecule has 1 aliphatic rings. The first-order valence-electron chi connectivity index (χ1n) is 5.81. The minimum absolute atomic E-state index is 0.291. The molecular weight excluding hydrogens is 293 g/mol. The van der Waals surface area contributed by atoms with Crippen LogP contribution in [0.5, 0.6) is 0 Å². The number of halogens is 2. The fourth-order valence-corrected chi connectivity index (χ4v) is 2.61. The van der Waals surface area contributed by atoms with Crippen LogP contribution in [0, 0.1) is 17.7 Å². The molecule has 1 aromatic rings. The van der Waals surface area contributed by atoms with Gasteiger partial charge in [-0.3, -0.25) is 4.79 Å². The predicted molar refractivity (Wildman–Crippen MR) is 69.0 cm³/mol. The summed E-state index contributed by atoms with van der Waals surface area (Å²) in [4.78, 5) is 11.5. The molecule has 104 valence electrons. The quantitative estimate of drug-likeness (QED) is 0.867. The highest BCUT2D eigenvalue weighted by Gasteiger charge is 2.32. The highest BCUT2D eigenvalue weighted by Crippen LogP contribution is 2.36. The third-order valence-corrected chi connectivity index (χ3v) is 4.62. The predicted octanol–water partition coefficient (Wildman–Crippen LogP) is 2.14. The van der Waals surface area contributed by atoms with Crippen LogP contribution in [0.4, 0.5) is 4.39 Å². The van der Waals surface area contributed by atoms with Gasteiger partial charge in [-0.1, -0.05) is 6.92 Å². The number of carbonyl (C=O) groups excluding carboxylic acids is 1. The van der Waals surface area contributed by atoms with Crippen LogP contribution in [0.2, 0.25) is 0 Å². The second-order valence-corrected chi connectivity index (χ2v) is 7.33. The molecule has 0 aliphatic heterocycles. The highest BCUT2D eigenvalue weighted by atomic mass is 35.7. The van der Waals surface area contributed by atoms with Gasteiger partial charge in [-0.15, -0.1) is 0 Å². The molecule has 4 nitrogen and oxygen atoms in total. The number of hydrogen-bond acceptors (Lipinski definition) is 3. The van der Waals surface area contributed by atoms with Crippen molar-refractivity contribution < 1.29 is 17.6 Å². The van der Waals surface area contributed by atoms with Crippen LogP contribution < -0.4 is 5.32 Å². The largest absolute Gasteiger partial charge is 0.352 e. The summed E-state index contributed by atoms with van der Waals surface area (Å²) in [5, 5.41) is 2.59. The summed E-state index contributed by atoms with van der Waals surface area (Å²) in [6.07, 6.45) is 1.04. The standard InChI is InChI=1S/C12H13ClFNO3S/c1-7-4-8(7)6-15-12(16)10-5-9(19(13,17)18)2-3-11(10)14/h2-3,5,7-8H,4,6H2,1H3,(H,15,16). The molecule has 0 bridgehead atoms. The topological polar surface area (TPSA) is 63.2 Å². The van der Waals surface area contributed by atoms with Gasteiger partial charge in [-0.05, 0) is 36.5 Å². The molecule has 0 heterocycles.